The van der Waals surface area contributed by atoms with Crippen molar-refractivity contribution in [3.63, 3.8) is 0 Å². The Morgan fingerprint density at radius 2 is 1.83 bits per heavy atom. The van der Waals surface area contributed by atoms with Crippen molar-refractivity contribution in [2.75, 3.05) is 0 Å². The topological polar surface area (TPSA) is 0 Å². The monoisotopic (exact) mass is 196 g/mol. The molecule has 0 bridgehead atoms. The SMILES string of the molecule is C#C[CH]C.[Br-].[Zn]. The van der Waals surface area contributed by atoms with Gasteiger partial charge in [0.15, 0.2) is 0 Å². The van der Waals surface area contributed by atoms with Crippen LogP contribution < -0.4 is 17.0 Å². The molecule has 0 aromatic rings. The van der Waals surface area contributed by atoms with Crippen LogP contribution in [0.25, 0.3) is 0 Å². The van der Waals surface area contributed by atoms with Gasteiger partial charge in [-0.25, -0.2) is 0 Å². The molecule has 0 rings (SSSR count). The maximum atomic E-state index is 4.72. The van der Waals surface area contributed by atoms with Crippen molar-refractivity contribution in [3.05, 3.63) is 6.42 Å². The molecule has 0 N–H and O–H groups in total. The van der Waals surface area contributed by atoms with Gasteiger partial charge in [-0.2, -0.15) is 0 Å². The Hall–Kier alpha value is 0.663. The van der Waals surface area contributed by atoms with Gasteiger partial charge in [-0.1, -0.05) is 6.92 Å². The zero-order valence-electron chi connectivity index (χ0n) is 3.74. The summed E-state index contributed by atoms with van der Waals surface area (Å²) in [7, 11) is 0. The Balaban J connectivity index is -0.0000000450. The summed E-state index contributed by atoms with van der Waals surface area (Å²) in [6.45, 7) is 1.82. The van der Waals surface area contributed by atoms with Crippen LogP contribution in [0, 0.1) is 18.8 Å². The molecule has 0 spiro atoms. The maximum Gasteiger partial charge on any atom is 0.0306 e. The Morgan fingerprint density at radius 3 is 1.83 bits per heavy atom. The fraction of sp³-hybridized carbons (Fsp3) is 0.250. The normalized spacial score (nSPS) is 3.33. The van der Waals surface area contributed by atoms with E-state index in [0.717, 1.165) is 0 Å². The molecule has 0 aromatic carbocycles. The average Bonchev–Trinajstić information content (AvgIpc) is 1.37. The molecule has 0 nitrogen and oxygen atoms in total. The molecule has 0 amide bonds. The number of hydrogen-bond donors (Lipinski definition) is 0. The number of hydrogen-bond acceptors (Lipinski definition) is 0. The van der Waals surface area contributed by atoms with Gasteiger partial charge < -0.3 is 17.0 Å². The zero-order chi connectivity index (χ0) is 3.41. The summed E-state index contributed by atoms with van der Waals surface area (Å²) in [5.41, 5.74) is 0. The van der Waals surface area contributed by atoms with Crippen LogP contribution in [0.4, 0.5) is 0 Å². The third kappa shape index (κ3) is 22.6. The van der Waals surface area contributed by atoms with Gasteiger partial charge in [0.1, 0.15) is 0 Å². The van der Waals surface area contributed by atoms with Crippen molar-refractivity contribution in [2.24, 2.45) is 0 Å². The van der Waals surface area contributed by atoms with E-state index in [9.17, 15) is 0 Å². The summed E-state index contributed by atoms with van der Waals surface area (Å²) in [6, 6.07) is 0. The summed E-state index contributed by atoms with van der Waals surface area (Å²) < 4.78 is 0. The molecule has 0 unspecified atom stereocenters. The largest absolute Gasteiger partial charge is 1.00 e. The van der Waals surface area contributed by atoms with E-state index in [2.05, 4.69) is 5.92 Å². The third-order valence-corrected chi connectivity index (χ3v) is 0.167. The van der Waals surface area contributed by atoms with Crippen molar-refractivity contribution >= 4 is 0 Å². The molecule has 0 aliphatic rings. The van der Waals surface area contributed by atoms with Crippen LogP contribution in [0.2, 0.25) is 0 Å². The van der Waals surface area contributed by atoms with E-state index >= 15 is 0 Å². The Bertz CT molecular complexity index is 37.3. The Kier molecular flexibility index (Phi) is 46.1. The van der Waals surface area contributed by atoms with E-state index in [4.69, 9.17) is 6.42 Å². The predicted octanol–water partition coefficient (Wildman–Crippen LogP) is -2.15. The second-order valence-corrected chi connectivity index (χ2v) is 0.455. The van der Waals surface area contributed by atoms with Crippen molar-refractivity contribution in [2.45, 2.75) is 6.92 Å². The van der Waals surface area contributed by atoms with Crippen LogP contribution in [0.3, 0.4) is 0 Å². The average molecular weight is 198 g/mol. The van der Waals surface area contributed by atoms with Crippen molar-refractivity contribution in [3.8, 4) is 12.3 Å². The number of terminal acetylenes is 1. The predicted molar refractivity (Wildman–Crippen MR) is 18.8 cm³/mol. The minimum atomic E-state index is 0. The first-order chi connectivity index (χ1) is 1.91. The third-order valence-electron chi connectivity index (χ3n) is 0.167. The second kappa shape index (κ2) is 17.4. The number of rotatable bonds is 0. The fourth-order valence-electron chi connectivity index (χ4n) is 0. The summed E-state index contributed by atoms with van der Waals surface area (Å²) in [5.74, 6) is 2.31. The molecular formula is C4H5BrZn-. The van der Waals surface area contributed by atoms with Crippen molar-refractivity contribution in [1.82, 2.24) is 0 Å². The fourth-order valence-corrected chi connectivity index (χ4v) is 0. The van der Waals surface area contributed by atoms with Crippen LogP contribution in [-0.2, 0) is 19.5 Å². The molecule has 2 heteroatoms. The van der Waals surface area contributed by atoms with Gasteiger partial charge in [0.25, 0.3) is 0 Å². The molecule has 1 radical (unpaired) electrons. The molecule has 0 saturated carbocycles. The second-order valence-electron chi connectivity index (χ2n) is 0.455. The van der Waals surface area contributed by atoms with Gasteiger partial charge in [-0.05, 0) is 0 Å². The molecule has 0 aromatic heterocycles. The van der Waals surface area contributed by atoms with Gasteiger partial charge in [0.2, 0.25) is 0 Å². The first-order valence-electron chi connectivity index (χ1n) is 1.15. The van der Waals surface area contributed by atoms with Gasteiger partial charge in [0.05, 0.1) is 0 Å². The smallest absolute Gasteiger partial charge is 0.0306 e. The molecule has 0 atom stereocenters. The molecule has 0 fully saturated rings. The van der Waals surface area contributed by atoms with E-state index in [-0.39, 0.29) is 36.5 Å². The molecule has 0 aliphatic carbocycles. The summed E-state index contributed by atoms with van der Waals surface area (Å²) >= 11 is 0. The van der Waals surface area contributed by atoms with Gasteiger partial charge in [-0.15, -0.1) is 12.3 Å². The first-order valence-corrected chi connectivity index (χ1v) is 1.15. The van der Waals surface area contributed by atoms with E-state index < -0.39 is 0 Å². The van der Waals surface area contributed by atoms with E-state index in [0.29, 0.717) is 0 Å². The van der Waals surface area contributed by atoms with Crippen LogP contribution in [0.5, 0.6) is 0 Å². The molecule has 6 heavy (non-hydrogen) atoms. The minimum absolute atomic E-state index is 0. The van der Waals surface area contributed by atoms with Crippen LogP contribution in [0.15, 0.2) is 0 Å². The van der Waals surface area contributed by atoms with Crippen LogP contribution in [-0.4, -0.2) is 0 Å². The molecule has 31 valence electrons. The quantitative estimate of drug-likeness (QED) is 0.307. The van der Waals surface area contributed by atoms with E-state index in [1.54, 1.807) is 6.42 Å². The van der Waals surface area contributed by atoms with Crippen LogP contribution in [0.1, 0.15) is 6.92 Å². The van der Waals surface area contributed by atoms with Crippen molar-refractivity contribution < 1.29 is 36.5 Å². The standard InChI is InChI=1S/C4H5.BrH.Zn/c1-3-4-2;;/h1,4H,2H3;1H;/p-1. The Morgan fingerprint density at radius 1 is 1.67 bits per heavy atom. The molecule has 0 aliphatic heterocycles. The van der Waals surface area contributed by atoms with Crippen molar-refractivity contribution in [1.29, 1.82) is 0 Å². The first kappa shape index (κ1) is 15.9. The van der Waals surface area contributed by atoms with E-state index in [1.165, 1.54) is 0 Å². The van der Waals surface area contributed by atoms with Gasteiger partial charge >= 0.3 is 0 Å². The minimum Gasteiger partial charge on any atom is -1.00 e. The van der Waals surface area contributed by atoms with Gasteiger partial charge in [0, 0.05) is 25.9 Å². The summed E-state index contributed by atoms with van der Waals surface area (Å²) in [5, 5.41) is 0. The zero-order valence-corrected chi connectivity index (χ0v) is 8.29. The van der Waals surface area contributed by atoms with Crippen LogP contribution >= 0.6 is 0 Å². The summed E-state index contributed by atoms with van der Waals surface area (Å²) in [4.78, 5) is 0. The molecule has 0 heterocycles. The Labute approximate surface area is 62.2 Å². The molecule has 0 saturated heterocycles. The number of halogens is 1. The van der Waals surface area contributed by atoms with Gasteiger partial charge in [-0.3, -0.25) is 0 Å². The van der Waals surface area contributed by atoms with E-state index in [1.807, 2.05) is 6.92 Å². The summed E-state index contributed by atoms with van der Waals surface area (Å²) in [6.07, 6.45) is 6.38. The molecular weight excluding hydrogens is 193 g/mol. The maximum absolute atomic E-state index is 4.72.